The van der Waals surface area contributed by atoms with Crippen LogP contribution in [-0.4, -0.2) is 24.6 Å². The Kier molecular flexibility index (Phi) is 6.87. The van der Waals surface area contributed by atoms with E-state index in [9.17, 15) is 9.59 Å². The number of hydrogen-bond acceptors (Lipinski definition) is 6. The molecule has 2 aliphatic heterocycles. The number of dihydropyridines is 1. The molecule has 1 N–H and O–H groups in total. The molecule has 4 aliphatic rings. The van der Waals surface area contributed by atoms with Crippen LogP contribution in [0.15, 0.2) is 58.9 Å². The first kappa shape index (κ1) is 25.3. The summed E-state index contributed by atoms with van der Waals surface area (Å²) in [6.45, 7) is 1.97. The SMILES string of the molecule is CC1=C(C(=O)OC2CCCCC2)[C@@H](c2cc3c(cc2Cl)OCO3)C2=C(C[C@@H](c3ccc(Cl)cc3)CC2=O)N1. The zero-order chi connectivity index (χ0) is 26.4. The predicted octanol–water partition coefficient (Wildman–Crippen LogP) is 6.96. The number of halogens is 2. The van der Waals surface area contributed by atoms with Crippen molar-refractivity contribution >= 4 is 35.0 Å². The first-order chi connectivity index (χ1) is 18.4. The van der Waals surface area contributed by atoms with E-state index in [1.807, 2.05) is 31.2 Å². The molecule has 0 spiro atoms. The lowest BCUT2D eigenvalue weighted by atomic mass is 9.71. The number of ether oxygens (including phenoxy) is 3. The number of nitrogens with one attached hydrogen (secondary N) is 1. The first-order valence-corrected chi connectivity index (χ1v) is 13.9. The topological polar surface area (TPSA) is 73.9 Å². The number of rotatable bonds is 4. The molecular weight excluding hydrogens is 525 g/mol. The molecule has 38 heavy (non-hydrogen) atoms. The Balaban J connectivity index is 1.42. The van der Waals surface area contributed by atoms with E-state index in [0.29, 0.717) is 56.8 Å². The van der Waals surface area contributed by atoms with E-state index in [0.717, 1.165) is 43.4 Å². The minimum atomic E-state index is -0.664. The molecule has 0 radical (unpaired) electrons. The van der Waals surface area contributed by atoms with Gasteiger partial charge in [0.25, 0.3) is 0 Å². The van der Waals surface area contributed by atoms with Crippen molar-refractivity contribution in [3.8, 4) is 11.5 Å². The summed E-state index contributed by atoms with van der Waals surface area (Å²) in [4.78, 5) is 27.6. The van der Waals surface area contributed by atoms with Crippen molar-refractivity contribution in [2.24, 2.45) is 0 Å². The van der Waals surface area contributed by atoms with E-state index in [2.05, 4.69) is 5.32 Å². The summed E-state index contributed by atoms with van der Waals surface area (Å²) < 4.78 is 17.2. The summed E-state index contributed by atoms with van der Waals surface area (Å²) in [5, 5.41) is 4.48. The number of carbonyl (C=O) groups excluding carboxylic acids is 2. The fourth-order valence-electron chi connectivity index (χ4n) is 6.14. The lowest BCUT2D eigenvalue weighted by Crippen LogP contribution is -2.37. The molecule has 1 saturated carbocycles. The third-order valence-corrected chi connectivity index (χ3v) is 8.60. The number of esters is 1. The fraction of sp³-hybridized carbons (Fsp3) is 0.400. The van der Waals surface area contributed by atoms with E-state index in [-0.39, 0.29) is 24.6 Å². The molecule has 8 heteroatoms. The number of hydrogen-bond donors (Lipinski definition) is 1. The normalized spacial score (nSPS) is 23.3. The number of Topliss-reactive ketones (excluding diaryl/α,β-unsaturated/α-hetero) is 1. The molecule has 2 aromatic carbocycles. The highest BCUT2D eigenvalue weighted by Crippen LogP contribution is 2.50. The summed E-state index contributed by atoms with van der Waals surface area (Å²) in [5.41, 5.74) is 4.17. The lowest BCUT2D eigenvalue weighted by molar-refractivity contribution is -0.146. The number of ketones is 1. The molecule has 2 heterocycles. The van der Waals surface area contributed by atoms with Crippen molar-refractivity contribution in [1.82, 2.24) is 5.32 Å². The Morgan fingerprint density at radius 3 is 2.45 bits per heavy atom. The summed E-state index contributed by atoms with van der Waals surface area (Å²) in [6, 6.07) is 11.1. The van der Waals surface area contributed by atoms with E-state index in [1.165, 1.54) is 0 Å². The maximum Gasteiger partial charge on any atom is 0.337 e. The summed E-state index contributed by atoms with van der Waals surface area (Å²) in [5.74, 6) is 0.00914. The minimum absolute atomic E-state index is 0.00225. The molecule has 1 fully saturated rings. The largest absolute Gasteiger partial charge is 0.459 e. The second kappa shape index (κ2) is 10.3. The number of fused-ring (bicyclic) bond motifs is 1. The van der Waals surface area contributed by atoms with Crippen LogP contribution in [0, 0.1) is 0 Å². The van der Waals surface area contributed by atoms with Crippen LogP contribution in [0.1, 0.15) is 74.8 Å². The molecule has 198 valence electrons. The van der Waals surface area contributed by atoms with Gasteiger partial charge in [0.1, 0.15) is 6.10 Å². The zero-order valence-electron chi connectivity index (χ0n) is 21.2. The van der Waals surface area contributed by atoms with Crippen molar-refractivity contribution in [2.45, 2.75) is 69.8 Å². The Hall–Kier alpha value is -2.96. The van der Waals surface area contributed by atoms with Crippen LogP contribution in [0.3, 0.4) is 0 Å². The van der Waals surface area contributed by atoms with E-state index in [4.69, 9.17) is 37.4 Å². The number of carbonyl (C=O) groups is 2. The van der Waals surface area contributed by atoms with Crippen molar-refractivity contribution in [2.75, 3.05) is 6.79 Å². The van der Waals surface area contributed by atoms with Crippen molar-refractivity contribution in [1.29, 1.82) is 0 Å². The van der Waals surface area contributed by atoms with Crippen LogP contribution in [0.2, 0.25) is 10.0 Å². The molecule has 2 aliphatic carbocycles. The molecule has 0 aromatic heterocycles. The van der Waals surface area contributed by atoms with E-state index in [1.54, 1.807) is 12.1 Å². The van der Waals surface area contributed by atoms with Gasteiger partial charge in [-0.25, -0.2) is 4.79 Å². The molecular formula is C30H29Cl2NO5. The average molecular weight is 554 g/mol. The highest BCUT2D eigenvalue weighted by molar-refractivity contribution is 6.32. The number of allylic oxidation sites excluding steroid dienone is 3. The van der Waals surface area contributed by atoms with Gasteiger partial charge in [0.2, 0.25) is 6.79 Å². The third kappa shape index (κ3) is 4.69. The molecule has 0 amide bonds. The van der Waals surface area contributed by atoms with Crippen LogP contribution < -0.4 is 14.8 Å². The second-order valence-corrected chi connectivity index (χ2v) is 11.3. The molecule has 2 aromatic rings. The van der Waals surface area contributed by atoms with Gasteiger partial charge in [-0.05, 0) is 74.3 Å². The molecule has 6 rings (SSSR count). The smallest absolute Gasteiger partial charge is 0.337 e. The third-order valence-electron chi connectivity index (χ3n) is 8.02. The van der Waals surface area contributed by atoms with Gasteiger partial charge in [0.15, 0.2) is 17.3 Å². The van der Waals surface area contributed by atoms with Crippen LogP contribution in [0.4, 0.5) is 0 Å². The molecule has 6 nitrogen and oxygen atoms in total. The lowest BCUT2D eigenvalue weighted by Gasteiger charge is -2.37. The fourth-order valence-corrected chi connectivity index (χ4v) is 6.53. The minimum Gasteiger partial charge on any atom is -0.459 e. The summed E-state index contributed by atoms with van der Waals surface area (Å²) in [6.07, 6.45) is 5.81. The van der Waals surface area contributed by atoms with Crippen LogP contribution >= 0.6 is 23.2 Å². The van der Waals surface area contributed by atoms with Gasteiger partial charge >= 0.3 is 5.97 Å². The van der Waals surface area contributed by atoms with Gasteiger partial charge in [-0.2, -0.15) is 0 Å². The molecule has 0 bridgehead atoms. The summed E-state index contributed by atoms with van der Waals surface area (Å²) in [7, 11) is 0. The Labute approximate surface area is 231 Å². The molecule has 0 saturated heterocycles. The van der Waals surface area contributed by atoms with E-state index < -0.39 is 11.9 Å². The molecule has 0 unspecified atom stereocenters. The van der Waals surface area contributed by atoms with Gasteiger partial charge in [0.05, 0.1) is 5.57 Å². The maximum absolute atomic E-state index is 13.9. The van der Waals surface area contributed by atoms with Crippen molar-refractivity contribution in [3.05, 3.63) is 80.1 Å². The monoisotopic (exact) mass is 553 g/mol. The van der Waals surface area contributed by atoms with Gasteiger partial charge in [-0.15, -0.1) is 0 Å². The van der Waals surface area contributed by atoms with Crippen LogP contribution in [0.25, 0.3) is 0 Å². The first-order valence-electron chi connectivity index (χ1n) is 13.2. The van der Waals surface area contributed by atoms with Crippen LogP contribution in [-0.2, 0) is 14.3 Å². The highest BCUT2D eigenvalue weighted by atomic mass is 35.5. The summed E-state index contributed by atoms with van der Waals surface area (Å²) >= 11 is 12.9. The zero-order valence-corrected chi connectivity index (χ0v) is 22.7. The van der Waals surface area contributed by atoms with Gasteiger partial charge in [0, 0.05) is 45.4 Å². The highest BCUT2D eigenvalue weighted by Gasteiger charge is 2.43. The Morgan fingerprint density at radius 1 is 1.00 bits per heavy atom. The van der Waals surface area contributed by atoms with Crippen molar-refractivity contribution < 1.29 is 23.8 Å². The van der Waals surface area contributed by atoms with E-state index >= 15 is 0 Å². The average Bonchev–Trinajstić information content (AvgIpc) is 3.35. The quantitative estimate of drug-likeness (QED) is 0.412. The van der Waals surface area contributed by atoms with Crippen molar-refractivity contribution in [3.63, 3.8) is 0 Å². The Bertz CT molecular complexity index is 1360. The second-order valence-electron chi connectivity index (χ2n) is 10.5. The number of benzene rings is 2. The van der Waals surface area contributed by atoms with Crippen LogP contribution in [0.5, 0.6) is 11.5 Å². The van der Waals surface area contributed by atoms with Gasteiger partial charge in [-0.3, -0.25) is 4.79 Å². The molecule has 2 atom stereocenters. The van der Waals surface area contributed by atoms with Gasteiger partial charge < -0.3 is 19.5 Å². The van der Waals surface area contributed by atoms with Gasteiger partial charge in [-0.1, -0.05) is 41.8 Å². The predicted molar refractivity (Wildman–Crippen MR) is 145 cm³/mol. The maximum atomic E-state index is 13.9. The standard InChI is InChI=1S/C30H29Cl2NO5/c1-16-27(30(35)38-20-5-3-2-4-6-20)28(21-13-25-26(14-22(21)32)37-15-36-25)29-23(33-16)11-18(12-24(29)34)17-7-9-19(31)10-8-17/h7-10,13-14,18,20,28,33H,2-6,11-12,15H2,1H3/t18-,28-/m1/s1. The Morgan fingerprint density at radius 2 is 1.71 bits per heavy atom.